The van der Waals surface area contributed by atoms with Gasteiger partial charge in [-0.2, -0.15) is 0 Å². The smallest absolute Gasteiger partial charge is 0.321 e. The van der Waals surface area contributed by atoms with Gasteiger partial charge in [-0.25, -0.2) is 0 Å². The fourth-order valence-electron chi connectivity index (χ4n) is 3.97. The van der Waals surface area contributed by atoms with Gasteiger partial charge in [-0.1, -0.05) is 39.8 Å². The second kappa shape index (κ2) is 6.40. The van der Waals surface area contributed by atoms with Crippen molar-refractivity contribution in [3.63, 3.8) is 0 Å². The Balaban J connectivity index is 2.75. The molecule has 2 atom stereocenters. The third kappa shape index (κ3) is 2.82. The maximum absolute atomic E-state index is 13.5. The summed E-state index contributed by atoms with van der Waals surface area (Å²) >= 11 is 0. The van der Waals surface area contributed by atoms with Crippen LogP contribution in [-0.4, -0.2) is 23.1 Å². The highest BCUT2D eigenvalue weighted by atomic mass is 16.6. The van der Waals surface area contributed by atoms with E-state index in [1.54, 1.807) is 12.2 Å². The van der Waals surface area contributed by atoms with Crippen LogP contribution in [0.5, 0.6) is 0 Å². The molecular formula is C21H28O4. The lowest BCUT2D eigenvalue weighted by Crippen LogP contribution is -2.44. The molecule has 2 fully saturated rings. The maximum atomic E-state index is 13.5. The van der Waals surface area contributed by atoms with Crippen LogP contribution in [0.15, 0.2) is 37.0 Å². The van der Waals surface area contributed by atoms with E-state index in [1.807, 2.05) is 27.7 Å². The number of Topliss-reactive ketones (excluding diaryl/α,β-unsaturated/α-hetero) is 1. The van der Waals surface area contributed by atoms with Gasteiger partial charge < -0.3 is 4.74 Å². The van der Waals surface area contributed by atoms with Gasteiger partial charge in [0, 0.05) is 12.3 Å². The van der Waals surface area contributed by atoms with E-state index in [1.165, 1.54) is 6.08 Å². The van der Waals surface area contributed by atoms with Crippen molar-refractivity contribution < 1.29 is 19.1 Å². The fraction of sp³-hybridized carbons (Fsp3) is 0.571. The lowest BCUT2D eigenvalue weighted by atomic mass is 9.70. The maximum Gasteiger partial charge on any atom is 0.321 e. The van der Waals surface area contributed by atoms with Crippen LogP contribution in [0.1, 0.15) is 53.4 Å². The number of rotatable bonds is 6. The summed E-state index contributed by atoms with van der Waals surface area (Å²) in [5.41, 5.74) is -2.46. The molecule has 0 amide bonds. The van der Waals surface area contributed by atoms with Gasteiger partial charge in [0.15, 0.2) is 17.2 Å². The van der Waals surface area contributed by atoms with E-state index < -0.39 is 22.4 Å². The largest absolute Gasteiger partial charge is 0.445 e. The first-order chi connectivity index (χ1) is 11.6. The van der Waals surface area contributed by atoms with Crippen LogP contribution in [-0.2, 0) is 19.1 Å². The SMILES string of the molecule is C=CC[C@]12CCC(C)(C)/C(=C\C(=O)C(C)C)[C@](CC=C)(OC1=O)C2=O. The second-order valence-electron chi connectivity index (χ2n) is 8.11. The van der Waals surface area contributed by atoms with Crippen LogP contribution in [0, 0.1) is 16.7 Å². The molecule has 0 aromatic carbocycles. The highest BCUT2D eigenvalue weighted by Gasteiger charge is 2.68. The minimum Gasteiger partial charge on any atom is -0.445 e. The van der Waals surface area contributed by atoms with E-state index >= 15 is 0 Å². The molecule has 4 nitrogen and oxygen atoms in total. The van der Waals surface area contributed by atoms with Crippen LogP contribution >= 0.6 is 0 Å². The van der Waals surface area contributed by atoms with Gasteiger partial charge >= 0.3 is 5.97 Å². The van der Waals surface area contributed by atoms with E-state index in [-0.39, 0.29) is 30.3 Å². The summed E-state index contributed by atoms with van der Waals surface area (Å²) in [4.78, 5) is 38.7. The summed E-state index contributed by atoms with van der Waals surface area (Å²) in [7, 11) is 0. The van der Waals surface area contributed by atoms with Crippen molar-refractivity contribution in [2.24, 2.45) is 16.7 Å². The number of carbonyl (C=O) groups excluding carboxylic acids is 3. The first-order valence-corrected chi connectivity index (χ1v) is 8.84. The summed E-state index contributed by atoms with van der Waals surface area (Å²) in [6.07, 6.45) is 6.18. The molecule has 1 saturated heterocycles. The van der Waals surface area contributed by atoms with E-state index in [0.29, 0.717) is 18.4 Å². The number of hydrogen-bond donors (Lipinski definition) is 0. The third-order valence-corrected chi connectivity index (χ3v) is 5.58. The van der Waals surface area contributed by atoms with Crippen LogP contribution < -0.4 is 0 Å². The topological polar surface area (TPSA) is 60.4 Å². The third-order valence-electron chi connectivity index (χ3n) is 5.58. The fourth-order valence-corrected chi connectivity index (χ4v) is 3.97. The van der Waals surface area contributed by atoms with Crippen molar-refractivity contribution in [2.75, 3.05) is 0 Å². The first-order valence-electron chi connectivity index (χ1n) is 8.84. The number of fused-ring (bicyclic) bond motifs is 2. The molecule has 0 radical (unpaired) electrons. The molecular weight excluding hydrogens is 316 g/mol. The van der Waals surface area contributed by atoms with Crippen LogP contribution in [0.4, 0.5) is 0 Å². The lowest BCUT2D eigenvalue weighted by Gasteiger charge is -2.37. The average Bonchev–Trinajstić information content (AvgIpc) is 2.69. The van der Waals surface area contributed by atoms with Gasteiger partial charge in [-0.05, 0) is 36.3 Å². The first kappa shape index (κ1) is 19.4. The van der Waals surface area contributed by atoms with Gasteiger partial charge in [-0.15, -0.1) is 13.2 Å². The van der Waals surface area contributed by atoms with Crippen molar-refractivity contribution >= 4 is 17.5 Å². The molecule has 0 aromatic rings. The zero-order valence-corrected chi connectivity index (χ0v) is 15.7. The predicted octanol–water partition coefficient (Wildman–Crippen LogP) is 3.96. The molecule has 0 unspecified atom stereocenters. The Morgan fingerprint density at radius 2 is 1.76 bits per heavy atom. The molecule has 2 bridgehead atoms. The Morgan fingerprint density at radius 3 is 2.28 bits per heavy atom. The normalized spacial score (nSPS) is 32.4. The van der Waals surface area contributed by atoms with Gasteiger partial charge in [0.25, 0.3) is 0 Å². The number of carbonyl (C=O) groups is 3. The minimum atomic E-state index is -1.42. The van der Waals surface area contributed by atoms with Crippen molar-refractivity contribution in [1.82, 2.24) is 0 Å². The molecule has 1 saturated carbocycles. The number of ether oxygens (including phenoxy) is 1. The molecule has 25 heavy (non-hydrogen) atoms. The van der Waals surface area contributed by atoms with E-state index in [2.05, 4.69) is 13.2 Å². The molecule has 136 valence electrons. The monoisotopic (exact) mass is 344 g/mol. The number of allylic oxidation sites excluding steroid dienone is 2. The van der Waals surface area contributed by atoms with Gasteiger partial charge in [0.05, 0.1) is 0 Å². The molecule has 2 rings (SSSR count). The number of hydrogen-bond acceptors (Lipinski definition) is 4. The molecule has 1 aliphatic heterocycles. The second-order valence-corrected chi connectivity index (χ2v) is 8.11. The van der Waals surface area contributed by atoms with Crippen molar-refractivity contribution in [2.45, 2.75) is 59.0 Å². The highest BCUT2D eigenvalue weighted by Crippen LogP contribution is 2.57. The van der Waals surface area contributed by atoms with Crippen LogP contribution in [0.25, 0.3) is 0 Å². The quantitative estimate of drug-likeness (QED) is 0.317. The minimum absolute atomic E-state index is 0.0709. The zero-order chi connectivity index (χ0) is 19.0. The standard InChI is InChI=1S/C21H28O4/c1-7-9-20-12-11-19(5,6)16(13-15(22)14(3)4)21(10-8-2,17(20)23)25-18(20)24/h7-8,13-14H,1-2,9-12H2,3-6H3/b16-13+/t20-,21+/m1/s1. The van der Waals surface area contributed by atoms with Gasteiger partial charge in [0.1, 0.15) is 5.41 Å². The summed E-state index contributed by atoms with van der Waals surface area (Å²) in [5, 5.41) is 0. The van der Waals surface area contributed by atoms with Gasteiger partial charge in [0.2, 0.25) is 0 Å². The number of ketones is 2. The number of esters is 1. The molecule has 0 N–H and O–H groups in total. The van der Waals surface area contributed by atoms with Crippen molar-refractivity contribution in [3.8, 4) is 0 Å². The predicted molar refractivity (Wildman–Crippen MR) is 96.8 cm³/mol. The molecule has 1 heterocycles. The Hall–Kier alpha value is -1.97. The van der Waals surface area contributed by atoms with Crippen LogP contribution in [0.2, 0.25) is 0 Å². The summed E-state index contributed by atoms with van der Waals surface area (Å²) in [6.45, 7) is 15.1. The van der Waals surface area contributed by atoms with Gasteiger partial charge in [-0.3, -0.25) is 14.4 Å². The summed E-state index contributed by atoms with van der Waals surface area (Å²) in [5.74, 6) is -1.02. The molecule has 4 heteroatoms. The van der Waals surface area contributed by atoms with E-state index in [0.717, 1.165) is 0 Å². The summed E-state index contributed by atoms with van der Waals surface area (Å²) in [6, 6.07) is 0. The summed E-state index contributed by atoms with van der Waals surface area (Å²) < 4.78 is 5.76. The average molecular weight is 344 g/mol. The molecule has 1 aliphatic carbocycles. The van der Waals surface area contributed by atoms with E-state index in [4.69, 9.17) is 4.74 Å². The van der Waals surface area contributed by atoms with Crippen LogP contribution in [0.3, 0.4) is 0 Å². The highest BCUT2D eigenvalue weighted by molar-refractivity contribution is 6.16. The van der Waals surface area contributed by atoms with E-state index in [9.17, 15) is 14.4 Å². The Labute approximate surface area is 150 Å². The molecule has 0 spiro atoms. The molecule has 0 aromatic heterocycles. The zero-order valence-electron chi connectivity index (χ0n) is 15.7. The Kier molecular flexibility index (Phi) is 4.95. The van der Waals surface area contributed by atoms with Crippen molar-refractivity contribution in [3.05, 3.63) is 37.0 Å². The Bertz CT molecular complexity index is 667. The Morgan fingerprint density at radius 1 is 1.16 bits per heavy atom. The van der Waals surface area contributed by atoms with Crippen molar-refractivity contribution in [1.29, 1.82) is 0 Å². The molecule has 2 aliphatic rings. The lowest BCUT2D eigenvalue weighted by molar-refractivity contribution is -0.154.